The van der Waals surface area contributed by atoms with E-state index < -0.39 is 0 Å². The molecule has 0 saturated carbocycles. The molecular formula is C15H13BrN+. The number of nitrogens with zero attached hydrogens (tertiary/aromatic N) is 1. The van der Waals surface area contributed by atoms with Crippen molar-refractivity contribution in [1.82, 2.24) is 0 Å². The van der Waals surface area contributed by atoms with Gasteiger partial charge in [0.05, 0.1) is 4.47 Å². The molecule has 0 spiro atoms. The summed E-state index contributed by atoms with van der Waals surface area (Å²) in [6.07, 6.45) is 8.01. The van der Waals surface area contributed by atoms with Crippen LogP contribution < -0.4 is 4.57 Å². The van der Waals surface area contributed by atoms with Crippen molar-refractivity contribution >= 4 is 27.7 Å². The van der Waals surface area contributed by atoms with Gasteiger partial charge in [0.15, 0.2) is 12.4 Å². The molecule has 2 aromatic rings. The van der Waals surface area contributed by atoms with Gasteiger partial charge >= 0.3 is 0 Å². The summed E-state index contributed by atoms with van der Waals surface area (Å²) in [5.41, 5.74) is 2.10. The van der Waals surface area contributed by atoms with E-state index in [9.17, 15) is 0 Å². The molecule has 84 valence electrons. The summed E-state index contributed by atoms with van der Waals surface area (Å²) in [5, 5.41) is 0. The van der Waals surface area contributed by atoms with Crippen molar-refractivity contribution in [1.29, 1.82) is 0 Å². The molecule has 0 saturated heterocycles. The molecule has 1 aromatic heterocycles. The molecule has 0 aliphatic rings. The highest BCUT2D eigenvalue weighted by Crippen LogP contribution is 2.07. The molecule has 0 fully saturated rings. The molecule has 2 rings (SSSR count). The number of benzene rings is 1. The Labute approximate surface area is 110 Å². The molecule has 0 atom stereocenters. The normalized spacial score (nSPS) is 10.6. The second-order valence-corrected chi connectivity index (χ2v) is 4.58. The van der Waals surface area contributed by atoms with Crippen molar-refractivity contribution in [3.05, 3.63) is 77.5 Å². The van der Waals surface area contributed by atoms with Crippen molar-refractivity contribution in [3.63, 3.8) is 0 Å². The van der Waals surface area contributed by atoms with E-state index in [1.54, 1.807) is 0 Å². The Morgan fingerprint density at radius 1 is 1.12 bits per heavy atom. The topological polar surface area (TPSA) is 3.88 Å². The van der Waals surface area contributed by atoms with Crippen LogP contribution in [0, 0.1) is 0 Å². The smallest absolute Gasteiger partial charge is 0.167 e. The molecular weight excluding hydrogens is 274 g/mol. The van der Waals surface area contributed by atoms with E-state index in [-0.39, 0.29) is 0 Å². The summed E-state index contributed by atoms with van der Waals surface area (Å²) in [7, 11) is 0. The monoisotopic (exact) mass is 286 g/mol. The first-order chi connectivity index (χ1) is 8.25. The van der Waals surface area contributed by atoms with Gasteiger partial charge in [-0.15, -0.1) is 0 Å². The van der Waals surface area contributed by atoms with E-state index in [1.807, 2.05) is 53.4 Å². The maximum Gasteiger partial charge on any atom is 0.203 e. The first kappa shape index (κ1) is 11.8. The van der Waals surface area contributed by atoms with Gasteiger partial charge in [0, 0.05) is 12.1 Å². The Morgan fingerprint density at radius 3 is 2.59 bits per heavy atom. The fourth-order valence-corrected chi connectivity index (χ4v) is 1.84. The maximum atomic E-state index is 4.04. The van der Waals surface area contributed by atoms with Crippen LogP contribution in [0.3, 0.4) is 0 Å². The zero-order valence-electron chi connectivity index (χ0n) is 9.38. The van der Waals surface area contributed by atoms with E-state index in [0.29, 0.717) is 0 Å². The summed E-state index contributed by atoms with van der Waals surface area (Å²) in [6, 6.07) is 14.2. The zero-order chi connectivity index (χ0) is 12.1. The summed E-state index contributed by atoms with van der Waals surface area (Å²) >= 11 is 3.44. The molecule has 0 amide bonds. The SMILES string of the molecule is C=C(/C=C/c1ccccc1)[n+]1cccc(Br)c1. The lowest BCUT2D eigenvalue weighted by molar-refractivity contribution is -0.578. The van der Waals surface area contributed by atoms with Crippen molar-refractivity contribution < 1.29 is 4.57 Å². The van der Waals surface area contributed by atoms with Gasteiger partial charge in [-0.1, -0.05) is 30.3 Å². The summed E-state index contributed by atoms with van der Waals surface area (Å²) in [4.78, 5) is 0. The van der Waals surface area contributed by atoms with Crippen LogP contribution >= 0.6 is 15.9 Å². The average Bonchev–Trinajstić information content (AvgIpc) is 2.37. The van der Waals surface area contributed by atoms with Gasteiger partial charge in [0.25, 0.3) is 0 Å². The van der Waals surface area contributed by atoms with Gasteiger partial charge < -0.3 is 0 Å². The van der Waals surface area contributed by atoms with Gasteiger partial charge in [-0.3, -0.25) is 0 Å². The molecule has 17 heavy (non-hydrogen) atoms. The number of rotatable bonds is 3. The van der Waals surface area contributed by atoms with Crippen LogP contribution in [-0.2, 0) is 0 Å². The molecule has 2 heteroatoms. The Kier molecular flexibility index (Phi) is 3.89. The second kappa shape index (κ2) is 5.60. The predicted molar refractivity (Wildman–Crippen MR) is 75.1 cm³/mol. The van der Waals surface area contributed by atoms with Crippen LogP contribution in [0.2, 0.25) is 0 Å². The van der Waals surface area contributed by atoms with Crippen LogP contribution in [0.25, 0.3) is 11.8 Å². The second-order valence-electron chi connectivity index (χ2n) is 3.66. The van der Waals surface area contributed by atoms with Crippen LogP contribution in [0.4, 0.5) is 0 Å². The Morgan fingerprint density at radius 2 is 1.88 bits per heavy atom. The summed E-state index contributed by atoms with van der Waals surface area (Å²) < 4.78 is 3.01. The average molecular weight is 287 g/mol. The van der Waals surface area contributed by atoms with Crippen molar-refractivity contribution in [2.45, 2.75) is 0 Å². The Bertz CT molecular complexity index is 544. The van der Waals surface area contributed by atoms with Crippen LogP contribution in [0.1, 0.15) is 5.56 Å². The number of aromatic nitrogens is 1. The lowest BCUT2D eigenvalue weighted by Crippen LogP contribution is -2.29. The minimum Gasteiger partial charge on any atom is -0.167 e. The third-order valence-corrected chi connectivity index (χ3v) is 2.83. The van der Waals surface area contributed by atoms with Crippen LogP contribution in [-0.4, -0.2) is 0 Å². The fraction of sp³-hybridized carbons (Fsp3) is 0. The van der Waals surface area contributed by atoms with E-state index in [1.165, 1.54) is 5.56 Å². The van der Waals surface area contributed by atoms with Gasteiger partial charge in [-0.25, -0.2) is 0 Å². The van der Waals surface area contributed by atoms with E-state index in [4.69, 9.17) is 0 Å². The van der Waals surface area contributed by atoms with Crippen LogP contribution in [0.15, 0.2) is 72.0 Å². The summed E-state index contributed by atoms with van der Waals surface area (Å²) in [6.45, 7) is 4.04. The van der Waals surface area contributed by atoms with Gasteiger partial charge in [0.2, 0.25) is 5.70 Å². The largest absolute Gasteiger partial charge is 0.203 e. The van der Waals surface area contributed by atoms with Crippen molar-refractivity contribution in [2.75, 3.05) is 0 Å². The first-order valence-corrected chi connectivity index (χ1v) is 6.14. The molecule has 0 unspecified atom stereocenters. The first-order valence-electron chi connectivity index (χ1n) is 5.35. The minimum absolute atomic E-state index is 0.926. The van der Waals surface area contributed by atoms with Crippen molar-refractivity contribution in [2.24, 2.45) is 0 Å². The van der Waals surface area contributed by atoms with Gasteiger partial charge in [-0.05, 0) is 40.2 Å². The van der Waals surface area contributed by atoms with E-state index in [2.05, 4.69) is 40.7 Å². The number of allylic oxidation sites excluding steroid dienone is 2. The molecule has 0 aliphatic carbocycles. The highest BCUT2D eigenvalue weighted by molar-refractivity contribution is 9.10. The van der Waals surface area contributed by atoms with Gasteiger partial charge in [0.1, 0.15) is 0 Å². The molecule has 1 aromatic carbocycles. The predicted octanol–water partition coefficient (Wildman–Crippen LogP) is 3.92. The van der Waals surface area contributed by atoms with Crippen molar-refractivity contribution in [3.8, 4) is 0 Å². The van der Waals surface area contributed by atoms with Crippen LogP contribution in [0.5, 0.6) is 0 Å². The third-order valence-electron chi connectivity index (χ3n) is 2.36. The number of halogens is 1. The van der Waals surface area contributed by atoms with Gasteiger partial charge in [-0.2, -0.15) is 4.57 Å². The summed E-state index contributed by atoms with van der Waals surface area (Å²) in [5.74, 6) is 0. The highest BCUT2D eigenvalue weighted by atomic mass is 79.9. The molecule has 0 aliphatic heterocycles. The van der Waals surface area contributed by atoms with E-state index in [0.717, 1.165) is 10.2 Å². The third kappa shape index (κ3) is 3.40. The Hall–Kier alpha value is -1.67. The molecule has 0 N–H and O–H groups in total. The molecule has 1 nitrogen and oxygen atoms in total. The quantitative estimate of drug-likeness (QED) is 0.595. The number of hydrogen-bond donors (Lipinski definition) is 0. The minimum atomic E-state index is 0.926. The van der Waals surface area contributed by atoms with E-state index >= 15 is 0 Å². The number of hydrogen-bond acceptors (Lipinski definition) is 0. The Balaban J connectivity index is 2.15. The molecule has 0 radical (unpaired) electrons. The standard InChI is InChI=1S/C15H13BrN/c1-13(17-11-5-8-15(16)12-17)9-10-14-6-3-2-4-7-14/h2-12H,1H2/q+1/b10-9+. The molecule has 0 bridgehead atoms. The fourth-order valence-electron chi connectivity index (χ4n) is 1.47. The number of pyridine rings is 1. The maximum absolute atomic E-state index is 4.04. The lowest BCUT2D eigenvalue weighted by Gasteiger charge is -1.95. The zero-order valence-corrected chi connectivity index (χ0v) is 11.0. The molecule has 1 heterocycles. The highest BCUT2D eigenvalue weighted by Gasteiger charge is 2.03. The lowest BCUT2D eigenvalue weighted by atomic mass is 10.2.